The van der Waals surface area contributed by atoms with Gasteiger partial charge in [-0.15, -0.1) is 0 Å². The summed E-state index contributed by atoms with van der Waals surface area (Å²) in [7, 11) is 0. The van der Waals surface area contributed by atoms with Gasteiger partial charge >= 0.3 is 0 Å². The van der Waals surface area contributed by atoms with E-state index in [1.165, 1.54) is 6.42 Å². The van der Waals surface area contributed by atoms with Gasteiger partial charge in [-0.3, -0.25) is 0 Å². The first-order valence-corrected chi connectivity index (χ1v) is 4.84. The second-order valence-electron chi connectivity index (χ2n) is 3.76. The minimum atomic E-state index is 0.551. The number of nitrogens with zero attached hydrogens (tertiary/aromatic N) is 2. The molecule has 1 aliphatic carbocycles. The fourth-order valence-electron chi connectivity index (χ4n) is 1.46. The third-order valence-electron chi connectivity index (χ3n) is 2.52. The molecule has 2 rings (SSSR count). The van der Waals surface area contributed by atoms with E-state index in [9.17, 15) is 0 Å². The molecule has 72 valence electrons. The summed E-state index contributed by atoms with van der Waals surface area (Å²) in [5, 5.41) is 3.95. The molecule has 1 fully saturated rings. The van der Waals surface area contributed by atoms with E-state index in [4.69, 9.17) is 10.3 Å². The van der Waals surface area contributed by atoms with Crippen molar-refractivity contribution in [2.45, 2.75) is 32.1 Å². The zero-order valence-electron chi connectivity index (χ0n) is 7.86. The normalized spacial score (nSPS) is 26.3. The molecular weight excluding hydrogens is 166 g/mol. The van der Waals surface area contributed by atoms with Crippen molar-refractivity contribution in [2.75, 3.05) is 6.54 Å². The fourth-order valence-corrected chi connectivity index (χ4v) is 1.46. The van der Waals surface area contributed by atoms with Crippen molar-refractivity contribution < 1.29 is 4.52 Å². The van der Waals surface area contributed by atoms with Crippen LogP contribution >= 0.6 is 0 Å². The van der Waals surface area contributed by atoms with Crippen LogP contribution in [0.15, 0.2) is 4.52 Å². The van der Waals surface area contributed by atoms with Crippen LogP contribution in [-0.2, 0) is 6.42 Å². The summed E-state index contributed by atoms with van der Waals surface area (Å²) in [6.07, 6.45) is 2.93. The van der Waals surface area contributed by atoms with Gasteiger partial charge in [-0.05, 0) is 25.3 Å². The summed E-state index contributed by atoms with van der Waals surface area (Å²) >= 11 is 0. The Labute approximate surface area is 77.5 Å². The lowest BCUT2D eigenvalue weighted by Crippen LogP contribution is -2.00. The molecule has 0 radical (unpaired) electrons. The molecule has 2 N–H and O–H groups in total. The monoisotopic (exact) mass is 181 g/mol. The van der Waals surface area contributed by atoms with Gasteiger partial charge < -0.3 is 10.3 Å². The highest BCUT2D eigenvalue weighted by Gasteiger charge is 2.37. The van der Waals surface area contributed by atoms with E-state index in [1.807, 2.05) is 0 Å². The lowest BCUT2D eigenvalue weighted by Gasteiger charge is -1.88. The Balaban J connectivity index is 1.94. The van der Waals surface area contributed by atoms with E-state index in [0.29, 0.717) is 12.5 Å². The van der Waals surface area contributed by atoms with Crippen LogP contribution < -0.4 is 5.73 Å². The predicted molar refractivity (Wildman–Crippen MR) is 48.2 cm³/mol. The maximum atomic E-state index is 5.39. The van der Waals surface area contributed by atoms with Crippen molar-refractivity contribution in [1.82, 2.24) is 10.1 Å². The molecule has 2 unspecified atom stereocenters. The first kappa shape index (κ1) is 8.69. The van der Waals surface area contributed by atoms with E-state index in [1.54, 1.807) is 0 Å². The highest BCUT2D eigenvalue weighted by Crippen LogP contribution is 2.45. The Morgan fingerprint density at radius 3 is 3.00 bits per heavy atom. The van der Waals surface area contributed by atoms with E-state index in [0.717, 1.165) is 30.5 Å². The van der Waals surface area contributed by atoms with Crippen molar-refractivity contribution in [3.8, 4) is 0 Å². The molecule has 0 amide bonds. The van der Waals surface area contributed by atoms with Crippen LogP contribution in [0.1, 0.15) is 37.4 Å². The lowest BCUT2D eigenvalue weighted by atomic mass is 10.3. The first-order chi connectivity index (χ1) is 6.31. The van der Waals surface area contributed by atoms with Gasteiger partial charge in [-0.25, -0.2) is 0 Å². The maximum Gasteiger partial charge on any atom is 0.226 e. The smallest absolute Gasteiger partial charge is 0.226 e. The average Bonchev–Trinajstić information content (AvgIpc) is 2.67. The average molecular weight is 181 g/mol. The Morgan fingerprint density at radius 1 is 1.62 bits per heavy atom. The van der Waals surface area contributed by atoms with Crippen molar-refractivity contribution in [1.29, 1.82) is 0 Å². The van der Waals surface area contributed by atoms with Gasteiger partial charge in [0.1, 0.15) is 0 Å². The molecule has 4 nitrogen and oxygen atoms in total. The molecule has 1 aliphatic rings. The summed E-state index contributed by atoms with van der Waals surface area (Å²) in [4.78, 5) is 4.33. The van der Waals surface area contributed by atoms with E-state index in [-0.39, 0.29) is 0 Å². The lowest BCUT2D eigenvalue weighted by molar-refractivity contribution is 0.370. The van der Waals surface area contributed by atoms with Crippen molar-refractivity contribution in [3.63, 3.8) is 0 Å². The van der Waals surface area contributed by atoms with E-state index in [2.05, 4.69) is 17.1 Å². The molecular formula is C9H15N3O. The summed E-state index contributed by atoms with van der Waals surface area (Å²) < 4.78 is 5.10. The molecule has 1 aromatic heterocycles. The summed E-state index contributed by atoms with van der Waals surface area (Å²) in [6.45, 7) is 2.89. The number of rotatable bonds is 4. The predicted octanol–water partition coefficient (Wildman–Crippen LogP) is 1.08. The molecule has 1 heterocycles. The SMILES string of the molecule is CC1CC1c1noc(CCCN)n1. The number of aryl methyl sites for hydroxylation is 1. The van der Waals surface area contributed by atoms with Crippen LogP contribution in [0.25, 0.3) is 0 Å². The van der Waals surface area contributed by atoms with Crippen molar-refractivity contribution >= 4 is 0 Å². The van der Waals surface area contributed by atoms with Crippen LogP contribution in [0.3, 0.4) is 0 Å². The molecule has 0 spiro atoms. The first-order valence-electron chi connectivity index (χ1n) is 4.84. The van der Waals surface area contributed by atoms with Crippen LogP contribution in [0.4, 0.5) is 0 Å². The molecule has 0 aliphatic heterocycles. The second kappa shape index (κ2) is 3.46. The molecule has 4 heteroatoms. The molecule has 0 bridgehead atoms. The third-order valence-corrected chi connectivity index (χ3v) is 2.52. The summed E-state index contributed by atoms with van der Waals surface area (Å²) in [6, 6.07) is 0. The fraction of sp³-hybridized carbons (Fsp3) is 0.778. The van der Waals surface area contributed by atoms with Crippen molar-refractivity contribution in [2.24, 2.45) is 11.7 Å². The van der Waals surface area contributed by atoms with Crippen LogP contribution in [0, 0.1) is 5.92 Å². The Hall–Kier alpha value is -0.900. The topological polar surface area (TPSA) is 64.9 Å². The Morgan fingerprint density at radius 2 is 2.38 bits per heavy atom. The van der Waals surface area contributed by atoms with Gasteiger partial charge in [-0.2, -0.15) is 4.98 Å². The highest BCUT2D eigenvalue weighted by atomic mass is 16.5. The second-order valence-corrected chi connectivity index (χ2v) is 3.76. The van der Waals surface area contributed by atoms with Crippen LogP contribution in [0.2, 0.25) is 0 Å². The van der Waals surface area contributed by atoms with Gasteiger partial charge in [0.05, 0.1) is 0 Å². The summed E-state index contributed by atoms with van der Waals surface area (Å²) in [5.74, 6) is 2.91. The molecule has 0 saturated heterocycles. The van der Waals surface area contributed by atoms with Gasteiger partial charge in [0, 0.05) is 12.3 Å². The number of aromatic nitrogens is 2. The zero-order valence-corrected chi connectivity index (χ0v) is 7.86. The molecule has 1 saturated carbocycles. The maximum absolute atomic E-state index is 5.39. The van der Waals surface area contributed by atoms with Gasteiger partial charge in [0.2, 0.25) is 5.89 Å². The highest BCUT2D eigenvalue weighted by molar-refractivity contribution is 5.07. The standard InChI is InChI=1S/C9H15N3O/c1-6-5-7(6)9-11-8(13-12-9)3-2-4-10/h6-7H,2-5,10H2,1H3. The van der Waals surface area contributed by atoms with Gasteiger partial charge in [-0.1, -0.05) is 12.1 Å². The zero-order chi connectivity index (χ0) is 9.26. The van der Waals surface area contributed by atoms with Crippen LogP contribution in [0.5, 0.6) is 0 Å². The molecule has 0 aromatic carbocycles. The minimum Gasteiger partial charge on any atom is -0.339 e. The number of hydrogen-bond donors (Lipinski definition) is 1. The quantitative estimate of drug-likeness (QED) is 0.755. The molecule has 2 atom stereocenters. The van der Waals surface area contributed by atoms with Crippen molar-refractivity contribution in [3.05, 3.63) is 11.7 Å². The third kappa shape index (κ3) is 1.88. The van der Waals surface area contributed by atoms with Gasteiger partial charge in [0.15, 0.2) is 5.82 Å². The largest absolute Gasteiger partial charge is 0.339 e. The molecule has 1 aromatic rings. The van der Waals surface area contributed by atoms with E-state index < -0.39 is 0 Å². The van der Waals surface area contributed by atoms with Crippen LogP contribution in [-0.4, -0.2) is 16.7 Å². The van der Waals surface area contributed by atoms with E-state index >= 15 is 0 Å². The van der Waals surface area contributed by atoms with Gasteiger partial charge in [0.25, 0.3) is 0 Å². The minimum absolute atomic E-state index is 0.551. The summed E-state index contributed by atoms with van der Waals surface area (Å²) in [5.41, 5.74) is 5.39. The molecule has 13 heavy (non-hydrogen) atoms. The Kier molecular flexibility index (Phi) is 2.31. The Bertz CT molecular complexity index is 284. The number of nitrogens with two attached hydrogens (primary N) is 1. The number of hydrogen-bond acceptors (Lipinski definition) is 4.